The van der Waals surface area contributed by atoms with Crippen molar-refractivity contribution in [3.63, 3.8) is 0 Å². The molecule has 1 N–H and O–H groups in total. The minimum atomic E-state index is -0.0944. The van der Waals surface area contributed by atoms with Gasteiger partial charge < -0.3 is 14.2 Å². The maximum atomic E-state index is 12.5. The Morgan fingerprint density at radius 2 is 1.90 bits per heavy atom. The van der Waals surface area contributed by atoms with Gasteiger partial charge in [-0.1, -0.05) is 36.9 Å². The first kappa shape index (κ1) is 19.1. The molecule has 29 heavy (non-hydrogen) atoms. The van der Waals surface area contributed by atoms with Gasteiger partial charge in [0.25, 0.3) is 0 Å². The molecule has 8 heteroatoms. The molecule has 0 aliphatic heterocycles. The molecule has 4 rings (SSSR count). The number of furan rings is 2. The fourth-order valence-electron chi connectivity index (χ4n) is 2.95. The number of aromatic nitrogens is 3. The van der Waals surface area contributed by atoms with Crippen LogP contribution in [0.4, 0.5) is 5.69 Å². The van der Waals surface area contributed by atoms with Gasteiger partial charge in [-0.2, -0.15) is 0 Å². The molecule has 0 spiro atoms. The van der Waals surface area contributed by atoms with Gasteiger partial charge in [0.05, 0.1) is 24.8 Å². The number of hydrogen-bond acceptors (Lipinski definition) is 6. The number of hydrogen-bond donors (Lipinski definition) is 1. The van der Waals surface area contributed by atoms with Gasteiger partial charge in [0.1, 0.15) is 5.76 Å². The SMILES string of the molecule is CCc1ccccc1NC(=O)CSc1nnc(-c2ccco2)n1Cc1ccco1. The number of carbonyl (C=O) groups excluding carboxylic acids is 1. The average molecular weight is 408 g/mol. The van der Waals surface area contributed by atoms with Crippen molar-refractivity contribution in [2.45, 2.75) is 25.0 Å². The lowest BCUT2D eigenvalue weighted by atomic mass is 10.1. The minimum absolute atomic E-state index is 0.0944. The molecule has 1 amide bonds. The molecule has 0 bridgehead atoms. The second kappa shape index (κ2) is 8.83. The van der Waals surface area contributed by atoms with E-state index in [0.29, 0.717) is 23.3 Å². The Morgan fingerprint density at radius 3 is 2.66 bits per heavy atom. The number of amides is 1. The van der Waals surface area contributed by atoms with Crippen molar-refractivity contribution in [2.75, 3.05) is 11.1 Å². The van der Waals surface area contributed by atoms with Crippen LogP contribution in [0.25, 0.3) is 11.6 Å². The van der Waals surface area contributed by atoms with E-state index >= 15 is 0 Å². The van der Waals surface area contributed by atoms with Crippen molar-refractivity contribution in [3.8, 4) is 11.6 Å². The summed E-state index contributed by atoms with van der Waals surface area (Å²) in [5, 5.41) is 12.1. The lowest BCUT2D eigenvalue weighted by Crippen LogP contribution is -2.16. The van der Waals surface area contributed by atoms with E-state index in [9.17, 15) is 4.79 Å². The molecule has 1 aromatic carbocycles. The molecule has 0 aliphatic carbocycles. The zero-order valence-corrected chi connectivity index (χ0v) is 16.7. The van der Waals surface area contributed by atoms with Gasteiger partial charge in [0.2, 0.25) is 11.7 Å². The number of rotatable bonds is 8. The Hall–Kier alpha value is -3.26. The lowest BCUT2D eigenvalue weighted by molar-refractivity contribution is -0.113. The third-order valence-electron chi connectivity index (χ3n) is 4.36. The van der Waals surface area contributed by atoms with Crippen molar-refractivity contribution in [2.24, 2.45) is 0 Å². The van der Waals surface area contributed by atoms with Crippen LogP contribution in [-0.4, -0.2) is 26.4 Å². The molecule has 0 unspecified atom stereocenters. The van der Waals surface area contributed by atoms with Crippen molar-refractivity contribution in [3.05, 3.63) is 72.4 Å². The summed E-state index contributed by atoms with van der Waals surface area (Å²) >= 11 is 1.32. The summed E-state index contributed by atoms with van der Waals surface area (Å²) in [4.78, 5) is 12.5. The minimum Gasteiger partial charge on any atom is -0.467 e. The zero-order chi connectivity index (χ0) is 20.1. The molecule has 0 saturated heterocycles. The van der Waals surface area contributed by atoms with Gasteiger partial charge in [-0.15, -0.1) is 10.2 Å². The lowest BCUT2D eigenvalue weighted by Gasteiger charge is -2.10. The van der Waals surface area contributed by atoms with E-state index < -0.39 is 0 Å². The van der Waals surface area contributed by atoms with Gasteiger partial charge >= 0.3 is 0 Å². The van der Waals surface area contributed by atoms with Crippen LogP contribution >= 0.6 is 11.8 Å². The van der Waals surface area contributed by atoms with Gasteiger partial charge in [-0.25, -0.2) is 0 Å². The highest BCUT2D eigenvalue weighted by Crippen LogP contribution is 2.26. The van der Waals surface area contributed by atoms with E-state index in [1.807, 2.05) is 47.0 Å². The molecular weight excluding hydrogens is 388 g/mol. The summed E-state index contributed by atoms with van der Waals surface area (Å²) < 4.78 is 12.8. The first-order valence-corrected chi connectivity index (χ1v) is 10.2. The normalized spacial score (nSPS) is 10.9. The van der Waals surface area contributed by atoms with E-state index in [1.54, 1.807) is 18.6 Å². The number of aryl methyl sites for hydroxylation is 1. The Bertz CT molecular complexity index is 1070. The molecule has 148 valence electrons. The summed E-state index contributed by atoms with van der Waals surface area (Å²) in [6.45, 7) is 2.51. The summed E-state index contributed by atoms with van der Waals surface area (Å²) in [6.07, 6.45) is 4.07. The first-order chi connectivity index (χ1) is 14.2. The second-order valence-electron chi connectivity index (χ2n) is 6.30. The van der Waals surface area contributed by atoms with Crippen LogP contribution in [0.2, 0.25) is 0 Å². The maximum Gasteiger partial charge on any atom is 0.234 e. The van der Waals surface area contributed by atoms with E-state index in [1.165, 1.54) is 11.8 Å². The Balaban J connectivity index is 1.50. The average Bonchev–Trinajstić information content (AvgIpc) is 3.50. The quantitative estimate of drug-likeness (QED) is 0.433. The second-order valence-corrected chi connectivity index (χ2v) is 7.24. The molecule has 0 aliphatic rings. The highest BCUT2D eigenvalue weighted by Gasteiger charge is 2.18. The van der Waals surface area contributed by atoms with Crippen molar-refractivity contribution in [1.29, 1.82) is 0 Å². The number of carbonyl (C=O) groups is 1. The monoisotopic (exact) mass is 408 g/mol. The van der Waals surface area contributed by atoms with Gasteiger partial charge in [-0.05, 0) is 42.3 Å². The molecule has 0 radical (unpaired) electrons. The Labute approximate surface area is 172 Å². The van der Waals surface area contributed by atoms with Crippen LogP contribution < -0.4 is 5.32 Å². The van der Waals surface area contributed by atoms with E-state index in [4.69, 9.17) is 8.83 Å². The Kier molecular flexibility index (Phi) is 5.81. The molecular formula is C21H20N4O3S. The number of para-hydroxylation sites is 1. The van der Waals surface area contributed by atoms with Crippen LogP contribution in [0.15, 0.2) is 75.0 Å². The topological polar surface area (TPSA) is 86.1 Å². The molecule has 3 heterocycles. The van der Waals surface area contributed by atoms with Crippen LogP contribution in [0, 0.1) is 0 Å². The third-order valence-corrected chi connectivity index (χ3v) is 5.32. The van der Waals surface area contributed by atoms with Gasteiger partial charge in [0, 0.05) is 5.69 Å². The predicted molar refractivity (Wildman–Crippen MR) is 111 cm³/mol. The number of benzene rings is 1. The standard InChI is InChI=1S/C21H20N4O3S/c1-2-15-7-3-4-9-17(15)22-19(26)14-29-21-24-23-20(18-10-6-12-28-18)25(21)13-16-8-5-11-27-16/h3-12H,2,13-14H2,1H3,(H,22,26). The Morgan fingerprint density at radius 1 is 1.07 bits per heavy atom. The number of thioether (sulfide) groups is 1. The zero-order valence-electron chi connectivity index (χ0n) is 15.9. The first-order valence-electron chi connectivity index (χ1n) is 9.24. The predicted octanol–water partition coefficient (Wildman–Crippen LogP) is 4.47. The maximum absolute atomic E-state index is 12.5. The van der Waals surface area contributed by atoms with E-state index in [0.717, 1.165) is 23.4 Å². The fourth-order valence-corrected chi connectivity index (χ4v) is 3.69. The largest absolute Gasteiger partial charge is 0.467 e. The van der Waals surface area contributed by atoms with Crippen molar-refractivity contribution < 1.29 is 13.6 Å². The van der Waals surface area contributed by atoms with Crippen LogP contribution in [0.1, 0.15) is 18.2 Å². The molecule has 0 atom stereocenters. The van der Waals surface area contributed by atoms with E-state index in [-0.39, 0.29) is 11.7 Å². The summed E-state index contributed by atoms with van der Waals surface area (Å²) in [6, 6.07) is 15.1. The smallest absolute Gasteiger partial charge is 0.234 e. The summed E-state index contributed by atoms with van der Waals surface area (Å²) in [5.41, 5.74) is 1.95. The third kappa shape index (κ3) is 4.43. The highest BCUT2D eigenvalue weighted by atomic mass is 32.2. The van der Waals surface area contributed by atoms with Crippen LogP contribution in [-0.2, 0) is 17.8 Å². The number of nitrogens with one attached hydrogen (secondary N) is 1. The molecule has 4 aromatic rings. The molecule has 0 fully saturated rings. The molecule has 0 saturated carbocycles. The van der Waals surface area contributed by atoms with Crippen molar-refractivity contribution in [1.82, 2.24) is 14.8 Å². The van der Waals surface area contributed by atoms with Crippen LogP contribution in [0.3, 0.4) is 0 Å². The van der Waals surface area contributed by atoms with Gasteiger partial charge in [0.15, 0.2) is 10.9 Å². The number of anilines is 1. The van der Waals surface area contributed by atoms with Crippen LogP contribution in [0.5, 0.6) is 0 Å². The van der Waals surface area contributed by atoms with Gasteiger partial charge in [-0.3, -0.25) is 9.36 Å². The highest BCUT2D eigenvalue weighted by molar-refractivity contribution is 7.99. The number of nitrogens with zero attached hydrogens (tertiary/aromatic N) is 3. The van der Waals surface area contributed by atoms with Crippen molar-refractivity contribution >= 4 is 23.4 Å². The molecule has 3 aromatic heterocycles. The summed E-state index contributed by atoms with van der Waals surface area (Å²) in [5.74, 6) is 2.08. The fraction of sp³-hybridized carbons (Fsp3) is 0.190. The summed E-state index contributed by atoms with van der Waals surface area (Å²) in [7, 11) is 0. The molecule has 7 nitrogen and oxygen atoms in total. The van der Waals surface area contributed by atoms with E-state index in [2.05, 4.69) is 22.4 Å².